The lowest BCUT2D eigenvalue weighted by Gasteiger charge is -2.42. The van der Waals surface area contributed by atoms with E-state index in [0.717, 1.165) is 24.3 Å². The third-order valence-corrected chi connectivity index (χ3v) is 3.62. The molecule has 0 bridgehead atoms. The van der Waals surface area contributed by atoms with Crippen molar-refractivity contribution < 1.29 is 0 Å². The summed E-state index contributed by atoms with van der Waals surface area (Å²) in [5, 5.41) is 0. The van der Waals surface area contributed by atoms with Gasteiger partial charge in [-0.2, -0.15) is 0 Å². The van der Waals surface area contributed by atoms with E-state index < -0.39 is 0 Å². The fraction of sp³-hybridized carbons (Fsp3) is 1.00. The van der Waals surface area contributed by atoms with Crippen molar-refractivity contribution in [2.45, 2.75) is 32.7 Å². The fourth-order valence-corrected chi connectivity index (χ4v) is 2.15. The summed E-state index contributed by atoms with van der Waals surface area (Å²) in [4.78, 5) is 2.52. The molecule has 0 aromatic carbocycles. The molecule has 2 fully saturated rings. The average Bonchev–Trinajstić information content (AvgIpc) is 2.75. The molecule has 2 nitrogen and oxygen atoms in total. The van der Waals surface area contributed by atoms with E-state index in [1.54, 1.807) is 0 Å². The first-order valence-electron chi connectivity index (χ1n) is 5.64. The van der Waals surface area contributed by atoms with Crippen LogP contribution in [0.5, 0.6) is 0 Å². The van der Waals surface area contributed by atoms with E-state index in [9.17, 15) is 0 Å². The first kappa shape index (κ1) is 9.47. The van der Waals surface area contributed by atoms with E-state index in [-0.39, 0.29) is 0 Å². The summed E-state index contributed by atoms with van der Waals surface area (Å²) < 4.78 is 0. The molecule has 1 saturated carbocycles. The minimum atomic E-state index is 0.466. The van der Waals surface area contributed by atoms with Gasteiger partial charge in [-0.3, -0.25) is 0 Å². The molecule has 0 spiro atoms. The van der Waals surface area contributed by atoms with Crippen LogP contribution in [0.15, 0.2) is 0 Å². The molecule has 2 heteroatoms. The summed E-state index contributed by atoms with van der Waals surface area (Å²) in [6.07, 6.45) is 2.76. The summed E-state index contributed by atoms with van der Waals surface area (Å²) in [5.74, 6) is 2.65. The van der Waals surface area contributed by atoms with Crippen molar-refractivity contribution in [2.75, 3.05) is 19.6 Å². The molecule has 2 N–H and O–H groups in total. The van der Waals surface area contributed by atoms with Crippen LogP contribution >= 0.6 is 0 Å². The van der Waals surface area contributed by atoms with Gasteiger partial charge in [-0.25, -0.2) is 0 Å². The number of likely N-dealkylation sites (tertiary alicyclic amines) is 1. The zero-order chi connectivity index (χ0) is 9.42. The van der Waals surface area contributed by atoms with Gasteiger partial charge in [0.1, 0.15) is 0 Å². The smallest absolute Gasteiger partial charge is 0.0196 e. The molecular weight excluding hydrogens is 160 g/mol. The zero-order valence-corrected chi connectivity index (χ0v) is 8.87. The Morgan fingerprint density at radius 1 is 1.23 bits per heavy atom. The summed E-state index contributed by atoms with van der Waals surface area (Å²) in [5.41, 5.74) is 6.07. The lowest BCUT2D eigenvalue weighted by Crippen LogP contribution is -2.53. The van der Waals surface area contributed by atoms with Crippen LogP contribution in [-0.4, -0.2) is 30.6 Å². The van der Waals surface area contributed by atoms with Crippen LogP contribution in [0.1, 0.15) is 26.7 Å². The predicted molar refractivity (Wildman–Crippen MR) is 55.5 cm³/mol. The molecule has 13 heavy (non-hydrogen) atoms. The number of rotatable bonds is 4. The van der Waals surface area contributed by atoms with Gasteiger partial charge in [-0.15, -0.1) is 0 Å². The number of nitrogens with two attached hydrogens (primary N) is 1. The fourth-order valence-electron chi connectivity index (χ4n) is 2.15. The average molecular weight is 182 g/mol. The number of hydrogen-bond acceptors (Lipinski definition) is 2. The van der Waals surface area contributed by atoms with Gasteiger partial charge >= 0.3 is 0 Å². The normalized spacial score (nSPS) is 27.7. The Labute approximate surface area is 81.5 Å². The van der Waals surface area contributed by atoms with E-state index in [1.807, 2.05) is 0 Å². The maximum atomic E-state index is 6.07. The first-order valence-corrected chi connectivity index (χ1v) is 5.64. The van der Waals surface area contributed by atoms with Crippen molar-refractivity contribution in [3.05, 3.63) is 0 Å². The third-order valence-electron chi connectivity index (χ3n) is 3.62. The van der Waals surface area contributed by atoms with E-state index in [4.69, 9.17) is 5.73 Å². The van der Waals surface area contributed by atoms with Gasteiger partial charge in [0, 0.05) is 25.7 Å². The van der Waals surface area contributed by atoms with Crippen LogP contribution in [0.4, 0.5) is 0 Å². The molecule has 76 valence electrons. The summed E-state index contributed by atoms with van der Waals surface area (Å²) in [6.45, 7) is 8.37. The Morgan fingerprint density at radius 3 is 2.31 bits per heavy atom. The molecule has 0 aromatic heterocycles. The van der Waals surface area contributed by atoms with E-state index >= 15 is 0 Å². The Morgan fingerprint density at radius 2 is 1.85 bits per heavy atom. The zero-order valence-electron chi connectivity index (χ0n) is 8.87. The van der Waals surface area contributed by atoms with Crippen molar-refractivity contribution in [2.24, 2.45) is 23.5 Å². The highest BCUT2D eigenvalue weighted by Gasteiger charge is 2.34. The van der Waals surface area contributed by atoms with Gasteiger partial charge in [0.2, 0.25) is 0 Å². The third kappa shape index (κ3) is 2.23. The van der Waals surface area contributed by atoms with Crippen LogP contribution in [-0.2, 0) is 0 Å². The molecular formula is C11H22N2. The highest BCUT2D eigenvalue weighted by molar-refractivity contribution is 4.90. The maximum absolute atomic E-state index is 6.07. The van der Waals surface area contributed by atoms with Gasteiger partial charge in [0.05, 0.1) is 0 Å². The molecule has 1 heterocycles. The predicted octanol–water partition coefficient (Wildman–Crippen LogP) is 1.31. The first-order chi connectivity index (χ1) is 6.16. The van der Waals surface area contributed by atoms with Crippen molar-refractivity contribution >= 4 is 0 Å². The quantitative estimate of drug-likeness (QED) is 0.710. The van der Waals surface area contributed by atoms with Gasteiger partial charge in [0.15, 0.2) is 0 Å². The van der Waals surface area contributed by atoms with Gasteiger partial charge < -0.3 is 10.6 Å². The van der Waals surface area contributed by atoms with Gasteiger partial charge in [-0.05, 0) is 30.6 Å². The van der Waals surface area contributed by atoms with Gasteiger partial charge in [0.25, 0.3) is 0 Å². The Hall–Kier alpha value is -0.0800. The molecule has 0 amide bonds. The standard InChI is InChI=1S/C11H22N2/c1-8(2)10-5-13(6-10)7-11(12)9-3-4-9/h8-11H,3-7,12H2,1-2H3. The van der Waals surface area contributed by atoms with Gasteiger partial charge in [-0.1, -0.05) is 13.8 Å². The van der Waals surface area contributed by atoms with Crippen molar-refractivity contribution in [3.8, 4) is 0 Å². The highest BCUT2D eigenvalue weighted by Crippen LogP contribution is 2.33. The number of nitrogens with zero attached hydrogens (tertiary/aromatic N) is 1. The topological polar surface area (TPSA) is 29.3 Å². The van der Waals surface area contributed by atoms with Crippen molar-refractivity contribution in [1.82, 2.24) is 4.90 Å². The second-order valence-corrected chi connectivity index (χ2v) is 5.22. The van der Waals surface area contributed by atoms with Crippen LogP contribution in [0.25, 0.3) is 0 Å². The van der Waals surface area contributed by atoms with Crippen molar-refractivity contribution in [3.63, 3.8) is 0 Å². The van der Waals surface area contributed by atoms with Crippen LogP contribution < -0.4 is 5.73 Å². The SMILES string of the molecule is CC(C)C1CN(CC(N)C2CC2)C1. The molecule has 0 radical (unpaired) electrons. The van der Waals surface area contributed by atoms with Crippen LogP contribution in [0.2, 0.25) is 0 Å². The van der Waals surface area contributed by atoms with Crippen LogP contribution in [0.3, 0.4) is 0 Å². The summed E-state index contributed by atoms with van der Waals surface area (Å²) >= 11 is 0. The monoisotopic (exact) mass is 182 g/mol. The number of hydrogen-bond donors (Lipinski definition) is 1. The van der Waals surface area contributed by atoms with Crippen molar-refractivity contribution in [1.29, 1.82) is 0 Å². The minimum absolute atomic E-state index is 0.466. The lowest BCUT2D eigenvalue weighted by atomic mass is 9.88. The highest BCUT2D eigenvalue weighted by atomic mass is 15.2. The second-order valence-electron chi connectivity index (χ2n) is 5.22. The maximum Gasteiger partial charge on any atom is 0.0196 e. The largest absolute Gasteiger partial charge is 0.326 e. The molecule has 1 saturated heterocycles. The minimum Gasteiger partial charge on any atom is -0.326 e. The van der Waals surface area contributed by atoms with E-state index in [1.165, 1.54) is 25.9 Å². The Bertz CT molecular complexity index is 169. The Kier molecular flexibility index (Phi) is 2.61. The molecule has 1 aliphatic heterocycles. The summed E-state index contributed by atoms with van der Waals surface area (Å²) in [6, 6.07) is 0.466. The van der Waals surface area contributed by atoms with Crippen LogP contribution in [0, 0.1) is 17.8 Å². The molecule has 0 aromatic rings. The summed E-state index contributed by atoms with van der Waals surface area (Å²) in [7, 11) is 0. The van der Waals surface area contributed by atoms with E-state index in [0.29, 0.717) is 6.04 Å². The van der Waals surface area contributed by atoms with E-state index in [2.05, 4.69) is 18.7 Å². The molecule has 2 aliphatic rings. The molecule has 1 aliphatic carbocycles. The Balaban J connectivity index is 1.63. The molecule has 2 rings (SSSR count). The lowest BCUT2D eigenvalue weighted by molar-refractivity contribution is 0.0610. The molecule has 1 unspecified atom stereocenters. The molecule has 1 atom stereocenters. The second kappa shape index (κ2) is 3.58.